The van der Waals surface area contributed by atoms with Gasteiger partial charge in [-0.25, -0.2) is 4.79 Å². The maximum atomic E-state index is 11.3. The largest absolute Gasteiger partial charge is 0.437 e. The van der Waals surface area contributed by atoms with E-state index in [4.69, 9.17) is 4.42 Å². The highest BCUT2D eigenvalue weighted by Crippen LogP contribution is 2.26. The Morgan fingerprint density at radius 1 is 1.47 bits per heavy atom. The van der Waals surface area contributed by atoms with Gasteiger partial charge in [0.15, 0.2) is 0 Å². The molecular formula is C10H9N3O4. The highest BCUT2D eigenvalue weighted by molar-refractivity contribution is 5.66. The zero-order chi connectivity index (χ0) is 12.4. The molecule has 17 heavy (non-hydrogen) atoms. The predicted octanol–water partition coefficient (Wildman–Crippen LogP) is 1.43. The first kappa shape index (κ1) is 11.1. The third kappa shape index (κ3) is 1.94. The molecule has 0 fully saturated rings. The van der Waals surface area contributed by atoms with Crippen LogP contribution in [0.25, 0.3) is 11.5 Å². The van der Waals surface area contributed by atoms with Crippen molar-refractivity contribution < 1.29 is 9.34 Å². The molecule has 0 atom stereocenters. The SMILES string of the molecule is CCn1nc(-c2ccccc2[N+](=O)[O-])oc1=O. The molecule has 0 aliphatic heterocycles. The van der Waals surface area contributed by atoms with Gasteiger partial charge in [-0.15, -0.1) is 5.10 Å². The number of rotatable bonds is 3. The highest BCUT2D eigenvalue weighted by atomic mass is 16.6. The third-order valence-corrected chi connectivity index (χ3v) is 2.24. The van der Waals surface area contributed by atoms with Crippen LogP contribution in [0.1, 0.15) is 6.92 Å². The van der Waals surface area contributed by atoms with Crippen LogP contribution in [0.2, 0.25) is 0 Å². The van der Waals surface area contributed by atoms with Crippen molar-refractivity contribution >= 4 is 5.69 Å². The number of para-hydroxylation sites is 1. The lowest BCUT2D eigenvalue weighted by Gasteiger charge is -1.96. The summed E-state index contributed by atoms with van der Waals surface area (Å²) in [6.07, 6.45) is 0. The number of nitrogens with zero attached hydrogens (tertiary/aromatic N) is 3. The number of benzene rings is 1. The van der Waals surface area contributed by atoms with Crippen molar-refractivity contribution in [1.82, 2.24) is 9.78 Å². The summed E-state index contributed by atoms with van der Waals surface area (Å²) in [4.78, 5) is 21.6. The Morgan fingerprint density at radius 3 is 2.76 bits per heavy atom. The van der Waals surface area contributed by atoms with Gasteiger partial charge in [0.2, 0.25) is 0 Å². The number of nitro groups is 1. The van der Waals surface area contributed by atoms with E-state index in [-0.39, 0.29) is 17.1 Å². The van der Waals surface area contributed by atoms with Crippen LogP contribution in [-0.4, -0.2) is 14.7 Å². The molecule has 0 aliphatic rings. The molecular weight excluding hydrogens is 226 g/mol. The van der Waals surface area contributed by atoms with Crippen LogP contribution in [0.3, 0.4) is 0 Å². The van der Waals surface area contributed by atoms with Crippen LogP contribution in [0, 0.1) is 10.1 Å². The van der Waals surface area contributed by atoms with Crippen LogP contribution >= 0.6 is 0 Å². The topological polar surface area (TPSA) is 91.2 Å². The Bertz CT molecular complexity index is 614. The quantitative estimate of drug-likeness (QED) is 0.592. The Labute approximate surface area is 95.4 Å². The first-order chi connectivity index (χ1) is 8.13. The van der Waals surface area contributed by atoms with E-state index in [1.165, 1.54) is 18.2 Å². The molecule has 1 heterocycles. The van der Waals surface area contributed by atoms with Gasteiger partial charge in [0.1, 0.15) is 5.56 Å². The van der Waals surface area contributed by atoms with Crippen molar-refractivity contribution in [3.05, 3.63) is 44.9 Å². The van der Waals surface area contributed by atoms with E-state index in [1.54, 1.807) is 13.0 Å². The van der Waals surface area contributed by atoms with Crippen molar-refractivity contribution in [1.29, 1.82) is 0 Å². The minimum absolute atomic E-state index is 0.0378. The summed E-state index contributed by atoms with van der Waals surface area (Å²) in [6, 6.07) is 5.98. The van der Waals surface area contributed by atoms with Crippen LogP contribution in [0.15, 0.2) is 33.5 Å². The lowest BCUT2D eigenvalue weighted by Crippen LogP contribution is -2.13. The average molecular weight is 235 g/mol. The summed E-state index contributed by atoms with van der Waals surface area (Å²) in [7, 11) is 0. The summed E-state index contributed by atoms with van der Waals surface area (Å²) in [6.45, 7) is 2.08. The Morgan fingerprint density at radius 2 is 2.18 bits per heavy atom. The fourth-order valence-electron chi connectivity index (χ4n) is 1.43. The molecule has 0 amide bonds. The predicted molar refractivity (Wildman–Crippen MR) is 58.5 cm³/mol. The van der Waals surface area contributed by atoms with Crippen molar-refractivity contribution in [2.75, 3.05) is 0 Å². The number of aryl methyl sites for hydroxylation is 1. The molecule has 88 valence electrons. The average Bonchev–Trinajstić information content (AvgIpc) is 2.70. The van der Waals surface area contributed by atoms with E-state index in [9.17, 15) is 14.9 Å². The van der Waals surface area contributed by atoms with Gasteiger partial charge in [-0.05, 0) is 13.0 Å². The number of aromatic nitrogens is 2. The van der Waals surface area contributed by atoms with E-state index in [1.807, 2.05) is 0 Å². The smallest absolute Gasteiger partial charge is 0.387 e. The van der Waals surface area contributed by atoms with Crippen LogP contribution < -0.4 is 5.76 Å². The first-order valence-corrected chi connectivity index (χ1v) is 4.95. The van der Waals surface area contributed by atoms with E-state index < -0.39 is 10.7 Å². The van der Waals surface area contributed by atoms with Gasteiger partial charge in [0, 0.05) is 12.6 Å². The number of hydrogen-bond donors (Lipinski definition) is 0. The van der Waals surface area contributed by atoms with E-state index >= 15 is 0 Å². The molecule has 0 aliphatic carbocycles. The molecule has 1 aromatic heterocycles. The number of hydrogen-bond acceptors (Lipinski definition) is 5. The van der Waals surface area contributed by atoms with E-state index in [2.05, 4.69) is 5.10 Å². The monoisotopic (exact) mass is 235 g/mol. The van der Waals surface area contributed by atoms with Gasteiger partial charge in [0.25, 0.3) is 11.6 Å². The second kappa shape index (κ2) is 4.20. The minimum atomic E-state index is -0.624. The maximum Gasteiger partial charge on any atom is 0.437 e. The molecule has 0 radical (unpaired) electrons. The molecule has 0 saturated carbocycles. The van der Waals surface area contributed by atoms with Gasteiger partial charge in [-0.2, -0.15) is 4.68 Å². The zero-order valence-corrected chi connectivity index (χ0v) is 8.99. The fourth-order valence-corrected chi connectivity index (χ4v) is 1.43. The van der Waals surface area contributed by atoms with Gasteiger partial charge < -0.3 is 4.42 Å². The third-order valence-electron chi connectivity index (χ3n) is 2.24. The molecule has 0 N–H and O–H groups in total. The fraction of sp³-hybridized carbons (Fsp3) is 0.200. The van der Waals surface area contributed by atoms with E-state index in [0.29, 0.717) is 6.54 Å². The molecule has 0 bridgehead atoms. The Hall–Kier alpha value is -2.44. The lowest BCUT2D eigenvalue weighted by molar-refractivity contribution is -0.384. The second-order valence-corrected chi connectivity index (χ2v) is 3.26. The van der Waals surface area contributed by atoms with Gasteiger partial charge >= 0.3 is 5.76 Å². The number of nitro benzene ring substituents is 1. The summed E-state index contributed by atoms with van der Waals surface area (Å²) >= 11 is 0. The molecule has 0 unspecified atom stereocenters. The zero-order valence-electron chi connectivity index (χ0n) is 8.99. The molecule has 0 spiro atoms. The van der Waals surface area contributed by atoms with Crippen LogP contribution in [-0.2, 0) is 6.54 Å². The lowest BCUT2D eigenvalue weighted by atomic mass is 10.2. The molecule has 1 aromatic carbocycles. The Balaban J connectivity index is 2.60. The van der Waals surface area contributed by atoms with Gasteiger partial charge in [0.05, 0.1) is 4.92 Å². The van der Waals surface area contributed by atoms with Crippen molar-refractivity contribution in [2.45, 2.75) is 13.5 Å². The molecule has 7 nitrogen and oxygen atoms in total. The van der Waals surface area contributed by atoms with Crippen LogP contribution in [0.5, 0.6) is 0 Å². The highest BCUT2D eigenvalue weighted by Gasteiger charge is 2.19. The van der Waals surface area contributed by atoms with Crippen molar-refractivity contribution in [3.8, 4) is 11.5 Å². The van der Waals surface area contributed by atoms with Crippen molar-refractivity contribution in [2.24, 2.45) is 0 Å². The summed E-state index contributed by atoms with van der Waals surface area (Å²) < 4.78 is 5.98. The van der Waals surface area contributed by atoms with Crippen LogP contribution in [0.4, 0.5) is 5.69 Å². The van der Waals surface area contributed by atoms with Gasteiger partial charge in [-0.3, -0.25) is 10.1 Å². The van der Waals surface area contributed by atoms with Crippen molar-refractivity contribution in [3.63, 3.8) is 0 Å². The van der Waals surface area contributed by atoms with Gasteiger partial charge in [-0.1, -0.05) is 12.1 Å². The normalized spacial score (nSPS) is 10.4. The standard InChI is InChI=1S/C10H9N3O4/c1-2-12-10(14)17-9(11-12)7-5-3-4-6-8(7)13(15)16/h3-6H,2H2,1H3. The summed E-state index contributed by atoms with van der Waals surface area (Å²) in [5, 5.41) is 14.7. The second-order valence-electron chi connectivity index (χ2n) is 3.26. The molecule has 7 heteroatoms. The first-order valence-electron chi connectivity index (χ1n) is 4.95. The summed E-state index contributed by atoms with van der Waals surface area (Å²) in [5.74, 6) is -0.662. The summed E-state index contributed by atoms with van der Waals surface area (Å²) in [5.41, 5.74) is 0.0544. The molecule has 2 rings (SSSR count). The maximum absolute atomic E-state index is 11.3. The van der Waals surface area contributed by atoms with E-state index in [0.717, 1.165) is 4.68 Å². The Kier molecular flexibility index (Phi) is 2.73. The minimum Gasteiger partial charge on any atom is -0.387 e. The molecule has 2 aromatic rings. The molecule has 0 saturated heterocycles.